The molecule has 0 aromatic rings. The molecule has 212 valence electrons. The first-order valence-electron chi connectivity index (χ1n) is 14.4. The zero-order chi connectivity index (χ0) is 29.5. The summed E-state index contributed by atoms with van der Waals surface area (Å²) in [6.07, 6.45) is 0. The van der Waals surface area contributed by atoms with Crippen molar-refractivity contribution in [2.24, 2.45) is 0 Å². The molecule has 0 aromatic heterocycles. The van der Waals surface area contributed by atoms with Gasteiger partial charge in [0, 0.05) is 0 Å². The van der Waals surface area contributed by atoms with Crippen LogP contribution >= 0.6 is 0 Å². The van der Waals surface area contributed by atoms with E-state index in [4.69, 9.17) is 0 Å². The van der Waals surface area contributed by atoms with Gasteiger partial charge in [-0.1, -0.05) is 65.5 Å². The Morgan fingerprint density at radius 3 is 0.778 bits per heavy atom. The zero-order valence-corrected chi connectivity index (χ0v) is 32.9. The summed E-state index contributed by atoms with van der Waals surface area (Å²) >= 11 is 0. The van der Waals surface area contributed by atoms with Crippen LogP contribution < -0.4 is 0 Å². The molecule has 36 heavy (non-hydrogen) atoms. The standard InChI is InChI=1S/C26H66B2N4Si4/c1-23(2,3)29(33(13,14)15)27-31(25(7,8)9)36(21,22)28(30(24(4,5)6)34(16,17)18)32(26(10,11)12)35(27,19)20/h1-22H3. The van der Waals surface area contributed by atoms with Crippen molar-refractivity contribution in [3.8, 4) is 0 Å². The van der Waals surface area contributed by atoms with Gasteiger partial charge in [-0.15, -0.1) is 0 Å². The second-order valence-electron chi connectivity index (χ2n) is 18.6. The van der Waals surface area contributed by atoms with Crippen molar-refractivity contribution in [2.45, 2.75) is 171 Å². The molecule has 0 aliphatic carbocycles. The SMILES string of the molecule is CC(C)(C)N(B1N(C(C)(C)C)[Si](C)(C)B(N(C(C)(C)C)[Si](C)(C)C)N(C(C)(C)C)[Si]1(C)C)[Si](C)(C)C. The molecule has 0 N–H and O–H groups in total. The molecule has 0 atom stereocenters. The molecule has 0 aromatic carbocycles. The number of hydrogen-bond acceptors (Lipinski definition) is 4. The summed E-state index contributed by atoms with van der Waals surface area (Å²) < 4.78 is 12.4. The Balaban J connectivity index is 4.36. The molecule has 0 spiro atoms. The lowest BCUT2D eigenvalue weighted by Crippen LogP contribution is -2.98. The maximum atomic E-state index is 3.14. The molecule has 1 fully saturated rings. The van der Waals surface area contributed by atoms with Crippen LogP contribution in [0.1, 0.15) is 83.1 Å². The highest BCUT2D eigenvalue weighted by atomic mass is 28.4. The van der Waals surface area contributed by atoms with Crippen LogP contribution in [-0.4, -0.2) is 85.9 Å². The Morgan fingerprint density at radius 2 is 0.667 bits per heavy atom. The molecule has 0 saturated carbocycles. The minimum Gasteiger partial charge on any atom is -0.351 e. The van der Waals surface area contributed by atoms with Crippen LogP contribution in [0.3, 0.4) is 0 Å². The van der Waals surface area contributed by atoms with E-state index >= 15 is 0 Å². The Morgan fingerprint density at radius 1 is 0.472 bits per heavy atom. The van der Waals surface area contributed by atoms with E-state index in [-0.39, 0.29) is 22.2 Å². The minimum atomic E-state index is -2.08. The fourth-order valence-corrected chi connectivity index (χ4v) is 31.9. The van der Waals surface area contributed by atoms with E-state index in [0.29, 0.717) is 13.1 Å². The largest absolute Gasteiger partial charge is 0.351 e. The van der Waals surface area contributed by atoms with E-state index in [1.807, 2.05) is 0 Å². The molecule has 0 unspecified atom stereocenters. The number of nitrogens with zero attached hydrogens (tertiary/aromatic N) is 4. The molecular formula is C26H66B2N4Si4. The first-order valence-corrected chi connectivity index (χ1v) is 27.3. The second kappa shape index (κ2) is 9.74. The maximum Gasteiger partial charge on any atom is 0.299 e. The Bertz CT molecular complexity index is 685. The van der Waals surface area contributed by atoms with Crippen LogP contribution in [0.2, 0.25) is 65.5 Å². The topological polar surface area (TPSA) is 13.0 Å². The van der Waals surface area contributed by atoms with Crippen molar-refractivity contribution in [3.63, 3.8) is 0 Å². The monoisotopic (exact) mass is 568 g/mol. The molecule has 1 rings (SSSR count). The summed E-state index contributed by atoms with van der Waals surface area (Å²) in [6.45, 7) is 57.1. The van der Waals surface area contributed by atoms with E-state index in [0.717, 1.165) is 0 Å². The molecule has 4 nitrogen and oxygen atoms in total. The van der Waals surface area contributed by atoms with Crippen LogP contribution in [-0.2, 0) is 0 Å². The molecule has 1 saturated heterocycles. The molecule has 10 heteroatoms. The summed E-state index contributed by atoms with van der Waals surface area (Å²) in [6, 6.07) is 0. The summed E-state index contributed by atoms with van der Waals surface area (Å²) in [5.74, 6) is 0. The van der Waals surface area contributed by atoms with Crippen molar-refractivity contribution in [1.29, 1.82) is 0 Å². The molecular weight excluding hydrogens is 502 g/mol. The van der Waals surface area contributed by atoms with E-state index in [1.165, 1.54) is 0 Å². The first kappa shape index (κ1) is 34.9. The maximum absolute atomic E-state index is 3.14. The third-order valence-corrected chi connectivity index (χ3v) is 21.4. The van der Waals surface area contributed by atoms with Crippen LogP contribution in [0.25, 0.3) is 0 Å². The number of rotatable bonds is 4. The van der Waals surface area contributed by atoms with Crippen LogP contribution in [0.4, 0.5) is 0 Å². The van der Waals surface area contributed by atoms with Crippen molar-refractivity contribution in [1.82, 2.24) is 17.9 Å². The third kappa shape index (κ3) is 6.76. The highest BCUT2D eigenvalue weighted by molar-refractivity contribution is 7.46. The van der Waals surface area contributed by atoms with Crippen molar-refractivity contribution in [2.75, 3.05) is 0 Å². The lowest BCUT2D eigenvalue weighted by molar-refractivity contribution is 0.264. The average molecular weight is 569 g/mol. The fourth-order valence-electron chi connectivity index (χ4n) is 8.32. The predicted molar refractivity (Wildman–Crippen MR) is 180 cm³/mol. The molecule has 0 amide bonds. The molecule has 1 aliphatic heterocycles. The summed E-state index contributed by atoms with van der Waals surface area (Å²) in [7, 11) is -7.51. The van der Waals surface area contributed by atoms with E-state index in [1.54, 1.807) is 0 Å². The van der Waals surface area contributed by atoms with Gasteiger partial charge in [0.1, 0.15) is 32.7 Å². The Labute approximate surface area is 233 Å². The predicted octanol–water partition coefficient (Wildman–Crippen LogP) is 7.62. The van der Waals surface area contributed by atoms with Gasteiger partial charge in [0.05, 0.1) is 0 Å². The highest BCUT2D eigenvalue weighted by Gasteiger charge is 2.71. The van der Waals surface area contributed by atoms with Crippen molar-refractivity contribution >= 4 is 45.8 Å². The third-order valence-electron chi connectivity index (χ3n) is 7.82. The van der Waals surface area contributed by atoms with Crippen LogP contribution in [0.15, 0.2) is 0 Å². The normalized spacial score (nSPS) is 21.7. The van der Waals surface area contributed by atoms with Crippen LogP contribution in [0, 0.1) is 0 Å². The fraction of sp³-hybridized carbons (Fsp3) is 1.00. The van der Waals surface area contributed by atoms with Gasteiger partial charge < -0.3 is 17.9 Å². The van der Waals surface area contributed by atoms with E-state index < -0.39 is 32.7 Å². The quantitative estimate of drug-likeness (QED) is 0.324. The molecule has 1 aliphatic rings. The van der Waals surface area contributed by atoms with Gasteiger partial charge in [-0.25, -0.2) is 0 Å². The van der Waals surface area contributed by atoms with Gasteiger partial charge in [-0.2, -0.15) is 0 Å². The second-order valence-corrected chi connectivity index (χ2v) is 36.8. The first-order chi connectivity index (χ1) is 15.2. The Hall–Kier alpha value is 0.837. The van der Waals surface area contributed by atoms with Gasteiger partial charge in [0.25, 0.3) is 13.1 Å². The lowest BCUT2D eigenvalue weighted by Gasteiger charge is -2.73. The smallest absolute Gasteiger partial charge is 0.299 e. The average Bonchev–Trinajstić information content (AvgIpc) is 2.43. The van der Waals surface area contributed by atoms with Crippen molar-refractivity contribution < 1.29 is 0 Å². The van der Waals surface area contributed by atoms with Crippen LogP contribution in [0.5, 0.6) is 0 Å². The molecule has 0 radical (unpaired) electrons. The van der Waals surface area contributed by atoms with Gasteiger partial charge in [0.2, 0.25) is 0 Å². The minimum absolute atomic E-state index is 0.0963. The lowest BCUT2D eigenvalue weighted by atomic mass is 9.92. The summed E-state index contributed by atoms with van der Waals surface area (Å²) in [5.41, 5.74) is 0.427. The number of hydrogen-bond donors (Lipinski definition) is 0. The van der Waals surface area contributed by atoms with Crippen molar-refractivity contribution in [3.05, 3.63) is 0 Å². The Kier molecular flexibility index (Phi) is 9.43. The summed E-state index contributed by atoms with van der Waals surface area (Å²) in [5, 5.41) is 0. The van der Waals surface area contributed by atoms with Gasteiger partial charge >= 0.3 is 0 Å². The van der Waals surface area contributed by atoms with Gasteiger partial charge in [-0.05, 0) is 105 Å². The summed E-state index contributed by atoms with van der Waals surface area (Å²) in [4.78, 5) is 0. The van der Waals surface area contributed by atoms with E-state index in [9.17, 15) is 0 Å². The molecule has 1 heterocycles. The zero-order valence-electron chi connectivity index (χ0n) is 28.9. The highest BCUT2D eigenvalue weighted by Crippen LogP contribution is 2.46. The molecule has 0 bridgehead atoms. The van der Waals surface area contributed by atoms with Gasteiger partial charge in [0.15, 0.2) is 0 Å². The van der Waals surface area contributed by atoms with E-state index in [2.05, 4.69) is 166 Å². The van der Waals surface area contributed by atoms with Gasteiger partial charge in [-0.3, -0.25) is 0 Å².